The van der Waals surface area contributed by atoms with E-state index in [0.717, 1.165) is 11.3 Å². The van der Waals surface area contributed by atoms with Crippen LogP contribution >= 0.6 is 0 Å². The molecule has 1 heterocycles. The van der Waals surface area contributed by atoms with Gasteiger partial charge in [0, 0.05) is 6.07 Å². The third-order valence-corrected chi connectivity index (χ3v) is 4.26. The van der Waals surface area contributed by atoms with E-state index in [2.05, 4.69) is 5.32 Å². The Labute approximate surface area is 145 Å². The second-order valence-electron chi connectivity index (χ2n) is 5.94. The summed E-state index contributed by atoms with van der Waals surface area (Å²) >= 11 is 0. The third kappa shape index (κ3) is 3.74. The molecule has 2 aromatic rings. The number of methoxy groups -OCH3 is 1. The Kier molecular flexibility index (Phi) is 4.88. The molecule has 6 heteroatoms. The minimum absolute atomic E-state index is 0.242. The quantitative estimate of drug-likeness (QED) is 0.865. The molecule has 2 aromatic carbocycles. The van der Waals surface area contributed by atoms with Crippen molar-refractivity contribution in [1.82, 2.24) is 5.32 Å². The van der Waals surface area contributed by atoms with Crippen molar-refractivity contribution >= 4 is 11.8 Å². The molecule has 130 valence electrons. The molecule has 0 aromatic heterocycles. The van der Waals surface area contributed by atoms with Crippen molar-refractivity contribution in [3.05, 3.63) is 59.7 Å². The number of primary amides is 1. The molecule has 1 aliphatic rings. The molecule has 0 saturated carbocycles. The van der Waals surface area contributed by atoms with Crippen LogP contribution in [0, 0.1) is 5.92 Å². The molecule has 0 spiro atoms. The summed E-state index contributed by atoms with van der Waals surface area (Å²) in [6.07, 6.45) is 0.533. The lowest BCUT2D eigenvalue weighted by atomic mass is 9.95. The van der Waals surface area contributed by atoms with Gasteiger partial charge in [0.2, 0.25) is 11.8 Å². The number of nitrogens with two attached hydrogens (primary N) is 1. The first kappa shape index (κ1) is 16.8. The molecule has 25 heavy (non-hydrogen) atoms. The van der Waals surface area contributed by atoms with Crippen LogP contribution in [0.3, 0.4) is 0 Å². The van der Waals surface area contributed by atoms with Gasteiger partial charge in [0.25, 0.3) is 0 Å². The molecule has 1 aliphatic heterocycles. The van der Waals surface area contributed by atoms with Crippen LogP contribution in [0.2, 0.25) is 0 Å². The number of benzene rings is 2. The lowest BCUT2D eigenvalue weighted by Gasteiger charge is -2.26. The maximum atomic E-state index is 12.6. The molecule has 0 radical (unpaired) electrons. The maximum absolute atomic E-state index is 12.6. The number of nitrogens with one attached hydrogen (secondary N) is 1. The zero-order chi connectivity index (χ0) is 17.8. The van der Waals surface area contributed by atoms with Gasteiger partial charge in [0.15, 0.2) is 0 Å². The van der Waals surface area contributed by atoms with Crippen LogP contribution < -0.4 is 20.5 Å². The number of amides is 2. The maximum Gasteiger partial charge on any atom is 0.244 e. The summed E-state index contributed by atoms with van der Waals surface area (Å²) in [5.41, 5.74) is 7.05. The fourth-order valence-corrected chi connectivity index (χ4v) is 2.87. The van der Waals surface area contributed by atoms with Crippen molar-refractivity contribution in [2.75, 3.05) is 13.7 Å². The average molecular weight is 340 g/mol. The standard InChI is InChI=1S/C19H20N2O4/c1-24-15-8-7-13-9-14(11-25-16(13)10-15)19(23)21-17(18(20)22)12-5-3-2-4-6-12/h2-8,10,14,17H,9,11H2,1H3,(H2,20,22)(H,21,23). The molecule has 6 nitrogen and oxygen atoms in total. The predicted molar refractivity (Wildman–Crippen MR) is 92.2 cm³/mol. The van der Waals surface area contributed by atoms with E-state index in [1.165, 1.54) is 0 Å². The van der Waals surface area contributed by atoms with Crippen molar-refractivity contribution in [1.29, 1.82) is 0 Å². The van der Waals surface area contributed by atoms with Gasteiger partial charge in [-0.15, -0.1) is 0 Å². The van der Waals surface area contributed by atoms with Gasteiger partial charge in [0.1, 0.15) is 24.1 Å². The molecular weight excluding hydrogens is 320 g/mol. The van der Waals surface area contributed by atoms with E-state index in [9.17, 15) is 9.59 Å². The van der Waals surface area contributed by atoms with Crippen molar-refractivity contribution in [2.45, 2.75) is 12.5 Å². The van der Waals surface area contributed by atoms with Crippen LogP contribution in [0.5, 0.6) is 11.5 Å². The van der Waals surface area contributed by atoms with Crippen molar-refractivity contribution in [3.63, 3.8) is 0 Å². The molecule has 2 unspecified atom stereocenters. The van der Waals surface area contributed by atoms with Gasteiger partial charge in [-0.05, 0) is 23.6 Å². The molecule has 0 saturated heterocycles. The SMILES string of the molecule is COc1ccc2c(c1)OCC(C(=O)NC(C(N)=O)c1ccccc1)C2. The summed E-state index contributed by atoms with van der Waals surface area (Å²) in [5, 5.41) is 2.74. The van der Waals surface area contributed by atoms with Crippen molar-refractivity contribution in [2.24, 2.45) is 11.7 Å². The molecular formula is C19H20N2O4. The van der Waals surface area contributed by atoms with E-state index in [1.54, 1.807) is 37.4 Å². The average Bonchev–Trinajstić information content (AvgIpc) is 2.65. The van der Waals surface area contributed by atoms with Crippen LogP contribution in [-0.2, 0) is 16.0 Å². The largest absolute Gasteiger partial charge is 0.497 e. The van der Waals surface area contributed by atoms with E-state index in [-0.39, 0.29) is 18.4 Å². The Morgan fingerprint density at radius 1 is 1.24 bits per heavy atom. The van der Waals surface area contributed by atoms with E-state index >= 15 is 0 Å². The molecule has 0 aliphatic carbocycles. The Hall–Kier alpha value is -3.02. The first-order valence-corrected chi connectivity index (χ1v) is 8.03. The Balaban J connectivity index is 1.71. The zero-order valence-electron chi connectivity index (χ0n) is 13.9. The number of ether oxygens (including phenoxy) is 2. The summed E-state index contributed by atoms with van der Waals surface area (Å²) in [6, 6.07) is 13.6. The molecule has 0 fully saturated rings. The van der Waals surface area contributed by atoms with E-state index in [0.29, 0.717) is 17.7 Å². The van der Waals surface area contributed by atoms with Gasteiger partial charge in [-0.2, -0.15) is 0 Å². The number of carbonyl (C=O) groups is 2. The van der Waals surface area contributed by atoms with Gasteiger partial charge >= 0.3 is 0 Å². The van der Waals surface area contributed by atoms with Crippen LogP contribution in [0.25, 0.3) is 0 Å². The Morgan fingerprint density at radius 3 is 2.68 bits per heavy atom. The fraction of sp³-hybridized carbons (Fsp3) is 0.263. The highest BCUT2D eigenvalue weighted by Crippen LogP contribution is 2.31. The second-order valence-corrected chi connectivity index (χ2v) is 5.94. The van der Waals surface area contributed by atoms with E-state index in [1.807, 2.05) is 18.2 Å². The predicted octanol–water partition coefficient (Wildman–Crippen LogP) is 1.59. The zero-order valence-corrected chi connectivity index (χ0v) is 13.9. The Bertz CT molecular complexity index is 776. The normalized spacial score (nSPS) is 16.9. The molecule has 2 amide bonds. The number of carbonyl (C=O) groups excluding carboxylic acids is 2. The minimum Gasteiger partial charge on any atom is -0.497 e. The highest BCUT2D eigenvalue weighted by Gasteiger charge is 2.29. The Morgan fingerprint density at radius 2 is 2.00 bits per heavy atom. The first-order valence-electron chi connectivity index (χ1n) is 8.03. The van der Waals surface area contributed by atoms with Gasteiger partial charge in [0.05, 0.1) is 13.0 Å². The summed E-state index contributed by atoms with van der Waals surface area (Å²) in [4.78, 5) is 24.3. The monoisotopic (exact) mass is 340 g/mol. The minimum atomic E-state index is -0.856. The third-order valence-electron chi connectivity index (χ3n) is 4.26. The van der Waals surface area contributed by atoms with Crippen LogP contribution in [0.1, 0.15) is 17.2 Å². The smallest absolute Gasteiger partial charge is 0.244 e. The highest BCUT2D eigenvalue weighted by molar-refractivity contribution is 5.88. The lowest BCUT2D eigenvalue weighted by molar-refractivity contribution is -0.131. The van der Waals surface area contributed by atoms with Crippen molar-refractivity contribution in [3.8, 4) is 11.5 Å². The van der Waals surface area contributed by atoms with Gasteiger partial charge in [-0.3, -0.25) is 9.59 Å². The number of fused-ring (bicyclic) bond motifs is 1. The van der Waals surface area contributed by atoms with Crippen LogP contribution in [-0.4, -0.2) is 25.5 Å². The second kappa shape index (κ2) is 7.25. The lowest BCUT2D eigenvalue weighted by Crippen LogP contribution is -2.43. The van der Waals surface area contributed by atoms with Crippen molar-refractivity contribution < 1.29 is 19.1 Å². The highest BCUT2D eigenvalue weighted by atomic mass is 16.5. The summed E-state index contributed by atoms with van der Waals surface area (Å²) in [6.45, 7) is 0.242. The number of rotatable bonds is 5. The van der Waals surface area contributed by atoms with Crippen LogP contribution in [0.4, 0.5) is 0 Å². The van der Waals surface area contributed by atoms with E-state index in [4.69, 9.17) is 15.2 Å². The van der Waals surface area contributed by atoms with Crippen LogP contribution in [0.15, 0.2) is 48.5 Å². The fourth-order valence-electron chi connectivity index (χ4n) is 2.87. The molecule has 2 atom stereocenters. The topological polar surface area (TPSA) is 90.7 Å². The molecule has 0 bridgehead atoms. The summed E-state index contributed by atoms with van der Waals surface area (Å²) in [5.74, 6) is 0.194. The van der Waals surface area contributed by atoms with Gasteiger partial charge < -0.3 is 20.5 Å². The number of hydrogen-bond donors (Lipinski definition) is 2. The summed E-state index contributed by atoms with van der Waals surface area (Å²) in [7, 11) is 1.59. The first-order chi connectivity index (χ1) is 12.1. The number of hydrogen-bond acceptors (Lipinski definition) is 4. The summed E-state index contributed by atoms with van der Waals surface area (Å²) < 4.78 is 10.9. The van der Waals surface area contributed by atoms with E-state index < -0.39 is 11.9 Å². The van der Waals surface area contributed by atoms with Gasteiger partial charge in [-0.1, -0.05) is 36.4 Å². The van der Waals surface area contributed by atoms with Gasteiger partial charge in [-0.25, -0.2) is 0 Å². The molecule has 3 N–H and O–H groups in total. The molecule has 3 rings (SSSR count).